The summed E-state index contributed by atoms with van der Waals surface area (Å²) in [6.07, 6.45) is 9.83. The predicted molar refractivity (Wildman–Crippen MR) is 172 cm³/mol. The second kappa shape index (κ2) is 12.9. The summed E-state index contributed by atoms with van der Waals surface area (Å²) in [6, 6.07) is 12.0. The van der Waals surface area contributed by atoms with Crippen molar-refractivity contribution in [2.45, 2.75) is 89.4 Å². The molecular weight excluding hydrogens is 614 g/mol. The minimum Gasteiger partial charge on any atom is -0.487 e. The number of ether oxygens (including phenoxy) is 3. The molecule has 0 aromatic heterocycles. The SMILES string of the molecule is CC(=O)O[C@H]1/C=C/C[C@@H]2CCCN2S(=O)(=O)NC2OC2c2ccc3c(c2)N(CCCCc2cc(Cl)ccc2CO3)C[C@@H]2CC[C@H]21. The number of esters is 1. The number of hydrogen-bond donors (Lipinski definition) is 1. The number of epoxide rings is 1. The van der Waals surface area contributed by atoms with Crippen LogP contribution >= 0.6 is 11.6 Å². The first-order chi connectivity index (χ1) is 21.7. The molecule has 2 aromatic carbocycles. The summed E-state index contributed by atoms with van der Waals surface area (Å²) in [5, 5.41) is 0.734. The van der Waals surface area contributed by atoms with Gasteiger partial charge >= 0.3 is 5.97 Å². The summed E-state index contributed by atoms with van der Waals surface area (Å²) in [5.41, 5.74) is 4.25. The molecule has 2 saturated heterocycles. The number of carbonyl (C=O) groups is 1. The largest absolute Gasteiger partial charge is 0.487 e. The van der Waals surface area contributed by atoms with Crippen LogP contribution in [0.2, 0.25) is 5.02 Å². The maximum absolute atomic E-state index is 13.5. The highest BCUT2D eigenvalue weighted by molar-refractivity contribution is 7.87. The van der Waals surface area contributed by atoms with Crippen LogP contribution in [0.3, 0.4) is 0 Å². The van der Waals surface area contributed by atoms with E-state index < -0.39 is 16.4 Å². The summed E-state index contributed by atoms with van der Waals surface area (Å²) in [5.74, 6) is 1.01. The van der Waals surface area contributed by atoms with Gasteiger partial charge in [0, 0.05) is 43.5 Å². The van der Waals surface area contributed by atoms with Gasteiger partial charge in [0.1, 0.15) is 24.6 Å². The molecule has 11 heteroatoms. The van der Waals surface area contributed by atoms with Crippen molar-refractivity contribution in [1.29, 1.82) is 0 Å². The third-order valence-electron chi connectivity index (χ3n) is 10.1. The van der Waals surface area contributed by atoms with E-state index in [2.05, 4.69) is 21.8 Å². The lowest BCUT2D eigenvalue weighted by atomic mass is 9.70. The Hall–Kier alpha value is -2.63. The first kappa shape index (κ1) is 31.0. The Bertz CT molecular complexity index is 1570. The molecule has 3 fully saturated rings. The summed E-state index contributed by atoms with van der Waals surface area (Å²) in [6.45, 7) is 4.02. The lowest BCUT2D eigenvalue weighted by Gasteiger charge is -2.43. The van der Waals surface area contributed by atoms with Crippen LogP contribution in [-0.2, 0) is 37.5 Å². The lowest BCUT2D eigenvalue weighted by molar-refractivity contribution is -0.149. The normalized spacial score (nSPS) is 32.1. The topological polar surface area (TPSA) is 101 Å². The van der Waals surface area contributed by atoms with Crippen molar-refractivity contribution in [3.05, 3.63) is 70.3 Å². The highest BCUT2D eigenvalue weighted by Crippen LogP contribution is 2.45. The molecule has 242 valence electrons. The number of fused-ring (bicyclic) bond motifs is 6. The molecule has 0 amide bonds. The van der Waals surface area contributed by atoms with Crippen LogP contribution in [0.4, 0.5) is 5.69 Å². The summed E-state index contributed by atoms with van der Waals surface area (Å²) in [7, 11) is -3.75. The molecular formula is C34H42ClN3O6S. The fraction of sp³-hybridized carbons (Fsp3) is 0.559. The third kappa shape index (κ3) is 6.76. The van der Waals surface area contributed by atoms with Crippen molar-refractivity contribution in [3.8, 4) is 5.75 Å². The molecule has 45 heavy (non-hydrogen) atoms. The van der Waals surface area contributed by atoms with Crippen LogP contribution in [0.15, 0.2) is 48.6 Å². The van der Waals surface area contributed by atoms with E-state index in [0.717, 1.165) is 85.6 Å². The summed E-state index contributed by atoms with van der Waals surface area (Å²) < 4.78 is 49.7. The molecule has 4 heterocycles. The van der Waals surface area contributed by atoms with Crippen LogP contribution in [0.5, 0.6) is 5.75 Å². The minimum atomic E-state index is -3.75. The molecule has 2 aromatic rings. The standard InChI is InChI=1S/C34H42ClN3O6S/c1-22(39)43-31-9-4-7-28-8-5-17-38(28)45(40,41)36-34-33(44-34)24-12-15-32-30(19-24)37(20-25-11-14-29(25)31)16-3-2-6-23-18-27(35)13-10-26(23)21-42-32/h4,9-10,12-13,15,18-19,25,28-29,31,33-34,36H,2-3,5-8,11,14,16-17,20-21H2,1H3/b9-4+/t25-,28+,29+,31-,33?,34?/m0/s1. The molecule has 1 aliphatic carbocycles. The number of nitrogens with zero attached hydrogens (tertiary/aromatic N) is 2. The number of nitrogens with one attached hydrogen (secondary N) is 1. The fourth-order valence-electron chi connectivity index (χ4n) is 7.53. The molecule has 9 nitrogen and oxygen atoms in total. The van der Waals surface area contributed by atoms with Gasteiger partial charge in [0.15, 0.2) is 6.23 Å². The van der Waals surface area contributed by atoms with Crippen LogP contribution in [0.25, 0.3) is 0 Å². The number of halogens is 1. The second-order valence-corrected chi connectivity index (χ2v) is 15.2. The Labute approximate surface area is 271 Å². The van der Waals surface area contributed by atoms with Crippen molar-refractivity contribution in [2.24, 2.45) is 11.8 Å². The quantitative estimate of drug-likeness (QED) is 0.240. The van der Waals surface area contributed by atoms with Gasteiger partial charge in [-0.3, -0.25) is 4.79 Å². The number of rotatable bonds is 1. The highest BCUT2D eigenvalue weighted by Gasteiger charge is 2.46. The van der Waals surface area contributed by atoms with E-state index >= 15 is 0 Å². The van der Waals surface area contributed by atoms with Gasteiger partial charge in [0.2, 0.25) is 0 Å². The number of hydrogen-bond acceptors (Lipinski definition) is 7. The Morgan fingerprint density at radius 1 is 1.04 bits per heavy atom. The Kier molecular flexibility index (Phi) is 8.87. The number of benzene rings is 2. The second-order valence-electron chi connectivity index (χ2n) is 13.1. The molecule has 0 radical (unpaired) electrons. The molecule has 4 aliphatic heterocycles. The van der Waals surface area contributed by atoms with Crippen molar-refractivity contribution in [2.75, 3.05) is 24.5 Å². The van der Waals surface area contributed by atoms with E-state index in [-0.39, 0.29) is 30.1 Å². The monoisotopic (exact) mass is 655 g/mol. The van der Waals surface area contributed by atoms with Gasteiger partial charge in [-0.05, 0) is 104 Å². The van der Waals surface area contributed by atoms with Gasteiger partial charge in [0.05, 0.1) is 5.69 Å². The fourth-order valence-corrected chi connectivity index (χ4v) is 9.29. The van der Waals surface area contributed by atoms with Crippen molar-refractivity contribution >= 4 is 33.5 Å². The number of carbonyl (C=O) groups excluding carboxylic acids is 1. The van der Waals surface area contributed by atoms with Gasteiger partial charge < -0.3 is 19.1 Å². The summed E-state index contributed by atoms with van der Waals surface area (Å²) >= 11 is 6.35. The first-order valence-electron chi connectivity index (χ1n) is 16.3. The molecule has 6 atom stereocenters. The smallest absolute Gasteiger partial charge is 0.303 e. The maximum Gasteiger partial charge on any atom is 0.303 e. The van der Waals surface area contributed by atoms with Gasteiger partial charge in [-0.15, -0.1) is 0 Å². The van der Waals surface area contributed by atoms with E-state index in [1.807, 2.05) is 36.4 Å². The van der Waals surface area contributed by atoms with Gasteiger partial charge in [-0.1, -0.05) is 29.8 Å². The van der Waals surface area contributed by atoms with E-state index in [1.54, 1.807) is 4.31 Å². The third-order valence-corrected chi connectivity index (χ3v) is 12.0. The zero-order valence-corrected chi connectivity index (χ0v) is 27.3. The van der Waals surface area contributed by atoms with Gasteiger partial charge in [0.25, 0.3) is 10.2 Å². The highest BCUT2D eigenvalue weighted by atomic mass is 35.5. The molecule has 7 rings (SSSR count). The molecule has 0 spiro atoms. The number of aryl methyl sites for hydroxylation is 1. The number of anilines is 1. The van der Waals surface area contributed by atoms with Gasteiger partial charge in [-0.2, -0.15) is 17.4 Å². The Morgan fingerprint density at radius 3 is 2.76 bits per heavy atom. The molecule has 2 bridgehead atoms. The van der Waals surface area contributed by atoms with E-state index in [1.165, 1.54) is 12.5 Å². The van der Waals surface area contributed by atoms with Crippen molar-refractivity contribution in [1.82, 2.24) is 9.03 Å². The molecule has 2 unspecified atom stereocenters. The molecule has 1 N–H and O–H groups in total. The summed E-state index contributed by atoms with van der Waals surface area (Å²) in [4.78, 5) is 14.6. The molecule has 1 saturated carbocycles. The van der Waals surface area contributed by atoms with E-state index in [9.17, 15) is 13.2 Å². The van der Waals surface area contributed by atoms with Crippen molar-refractivity contribution < 1.29 is 27.4 Å². The predicted octanol–water partition coefficient (Wildman–Crippen LogP) is 5.68. The minimum absolute atomic E-state index is 0.139. The Morgan fingerprint density at radius 2 is 1.93 bits per heavy atom. The van der Waals surface area contributed by atoms with Crippen LogP contribution in [-0.4, -0.2) is 56.7 Å². The van der Waals surface area contributed by atoms with E-state index in [0.29, 0.717) is 25.5 Å². The van der Waals surface area contributed by atoms with Crippen LogP contribution in [0.1, 0.15) is 74.7 Å². The zero-order chi connectivity index (χ0) is 31.1. The molecule has 5 aliphatic rings. The van der Waals surface area contributed by atoms with Gasteiger partial charge in [-0.25, -0.2) is 0 Å². The van der Waals surface area contributed by atoms with Crippen LogP contribution < -0.4 is 14.4 Å². The zero-order valence-electron chi connectivity index (χ0n) is 25.7. The van der Waals surface area contributed by atoms with Crippen LogP contribution in [0, 0.1) is 11.8 Å². The average Bonchev–Trinajstić information content (AvgIpc) is 3.56. The van der Waals surface area contributed by atoms with E-state index in [4.69, 9.17) is 25.8 Å². The maximum atomic E-state index is 13.5. The first-order valence-corrected chi connectivity index (χ1v) is 18.1. The lowest BCUT2D eigenvalue weighted by Crippen LogP contribution is -2.44. The Balaban J connectivity index is 1.24. The average molecular weight is 656 g/mol. The van der Waals surface area contributed by atoms with Crippen molar-refractivity contribution in [3.63, 3.8) is 0 Å².